The fraction of sp³-hybridized carbons (Fsp3) is 0.938. The summed E-state index contributed by atoms with van der Waals surface area (Å²) in [6.07, 6.45) is 6.45. The van der Waals surface area contributed by atoms with Crippen molar-refractivity contribution >= 4 is 5.91 Å². The molecule has 0 spiro atoms. The number of nitrogens with one attached hydrogen (secondary N) is 1. The van der Waals surface area contributed by atoms with Gasteiger partial charge in [-0.2, -0.15) is 0 Å². The molecule has 1 aliphatic carbocycles. The lowest BCUT2D eigenvalue weighted by atomic mass is 9.82. The zero-order valence-electron chi connectivity index (χ0n) is 13.0. The summed E-state index contributed by atoms with van der Waals surface area (Å²) in [5, 5.41) is 3.52. The van der Waals surface area contributed by atoms with Crippen molar-refractivity contribution in [1.82, 2.24) is 10.2 Å². The normalized spacial score (nSPS) is 36.3. The average molecular weight is 266 g/mol. The van der Waals surface area contributed by atoms with Crippen molar-refractivity contribution < 1.29 is 4.79 Å². The van der Waals surface area contributed by atoms with E-state index in [1.807, 2.05) is 0 Å². The first-order valence-electron chi connectivity index (χ1n) is 8.09. The quantitative estimate of drug-likeness (QED) is 0.848. The van der Waals surface area contributed by atoms with Crippen molar-refractivity contribution in [2.24, 2.45) is 17.8 Å². The molecule has 3 heteroatoms. The highest BCUT2D eigenvalue weighted by Gasteiger charge is 2.40. The van der Waals surface area contributed by atoms with Crippen molar-refractivity contribution in [1.29, 1.82) is 0 Å². The first-order valence-corrected chi connectivity index (χ1v) is 8.09. The molecule has 0 aromatic rings. The Bertz CT molecular complexity index is 316. The Morgan fingerprint density at radius 2 is 2.11 bits per heavy atom. The van der Waals surface area contributed by atoms with Crippen molar-refractivity contribution in [2.45, 2.75) is 72.0 Å². The smallest absolute Gasteiger partial charge is 0.241 e. The SMILES string of the molecule is CCC1NC(C(C)C)N(CC2CCCC(C)C2)C1=O. The molecule has 1 aliphatic heterocycles. The topological polar surface area (TPSA) is 32.3 Å². The number of hydrogen-bond acceptors (Lipinski definition) is 2. The zero-order valence-corrected chi connectivity index (χ0v) is 13.0. The van der Waals surface area contributed by atoms with Gasteiger partial charge >= 0.3 is 0 Å². The van der Waals surface area contributed by atoms with Gasteiger partial charge in [-0.05, 0) is 37.0 Å². The van der Waals surface area contributed by atoms with E-state index in [1.54, 1.807) is 0 Å². The highest BCUT2D eigenvalue weighted by molar-refractivity contribution is 5.84. The van der Waals surface area contributed by atoms with Crippen LogP contribution in [0.4, 0.5) is 0 Å². The zero-order chi connectivity index (χ0) is 14.0. The molecule has 2 fully saturated rings. The van der Waals surface area contributed by atoms with Crippen molar-refractivity contribution in [3.8, 4) is 0 Å². The summed E-state index contributed by atoms with van der Waals surface area (Å²) in [5.74, 6) is 2.37. The van der Waals surface area contributed by atoms with Gasteiger partial charge in [0.1, 0.15) is 0 Å². The predicted molar refractivity (Wildman–Crippen MR) is 78.7 cm³/mol. The van der Waals surface area contributed by atoms with E-state index in [-0.39, 0.29) is 12.2 Å². The van der Waals surface area contributed by atoms with Gasteiger partial charge in [-0.1, -0.05) is 40.5 Å². The van der Waals surface area contributed by atoms with Crippen LogP contribution in [0.3, 0.4) is 0 Å². The fourth-order valence-corrected chi connectivity index (χ4v) is 3.76. The van der Waals surface area contributed by atoms with Crippen LogP contribution >= 0.6 is 0 Å². The molecule has 0 radical (unpaired) electrons. The number of amides is 1. The van der Waals surface area contributed by atoms with E-state index in [9.17, 15) is 4.79 Å². The number of carbonyl (C=O) groups excluding carboxylic acids is 1. The fourth-order valence-electron chi connectivity index (χ4n) is 3.76. The van der Waals surface area contributed by atoms with Gasteiger partial charge in [0.25, 0.3) is 0 Å². The van der Waals surface area contributed by atoms with Gasteiger partial charge in [0.2, 0.25) is 5.91 Å². The maximum atomic E-state index is 12.5. The van der Waals surface area contributed by atoms with Crippen molar-refractivity contribution in [2.75, 3.05) is 6.54 Å². The third-order valence-corrected chi connectivity index (χ3v) is 4.83. The molecule has 2 rings (SSSR count). The summed E-state index contributed by atoms with van der Waals surface area (Å²) < 4.78 is 0. The van der Waals surface area contributed by atoms with Gasteiger partial charge in [0, 0.05) is 6.54 Å². The van der Waals surface area contributed by atoms with Crippen LogP contribution in [0.2, 0.25) is 0 Å². The third-order valence-electron chi connectivity index (χ3n) is 4.83. The summed E-state index contributed by atoms with van der Waals surface area (Å²) in [6.45, 7) is 9.83. The van der Waals surface area contributed by atoms with Gasteiger partial charge in [0.15, 0.2) is 0 Å². The van der Waals surface area contributed by atoms with Crippen LogP contribution in [0.25, 0.3) is 0 Å². The minimum atomic E-state index is 0.0495. The summed E-state index contributed by atoms with van der Waals surface area (Å²) in [6, 6.07) is 0.0495. The number of carbonyl (C=O) groups is 1. The van der Waals surface area contributed by atoms with Crippen LogP contribution in [0, 0.1) is 17.8 Å². The van der Waals surface area contributed by atoms with Gasteiger partial charge in [-0.25, -0.2) is 0 Å². The highest BCUT2D eigenvalue weighted by Crippen LogP contribution is 2.31. The van der Waals surface area contributed by atoms with E-state index in [0.717, 1.165) is 18.9 Å². The van der Waals surface area contributed by atoms with Crippen LogP contribution in [0.15, 0.2) is 0 Å². The Labute approximate surface area is 118 Å². The molecule has 2 aliphatic rings. The minimum Gasteiger partial charge on any atom is -0.325 e. The van der Waals surface area contributed by atoms with Crippen LogP contribution in [0.1, 0.15) is 59.8 Å². The number of nitrogens with zero attached hydrogens (tertiary/aromatic N) is 1. The molecule has 1 saturated carbocycles. The van der Waals surface area contributed by atoms with Crippen LogP contribution in [-0.4, -0.2) is 29.6 Å². The maximum absolute atomic E-state index is 12.5. The first kappa shape index (κ1) is 14.8. The summed E-state index contributed by atoms with van der Waals surface area (Å²) in [7, 11) is 0. The Morgan fingerprint density at radius 3 is 2.68 bits per heavy atom. The van der Waals surface area contributed by atoms with E-state index in [4.69, 9.17) is 0 Å². The Morgan fingerprint density at radius 1 is 1.37 bits per heavy atom. The first-order chi connectivity index (χ1) is 9.02. The summed E-state index contributed by atoms with van der Waals surface area (Å²) >= 11 is 0. The molecular weight excluding hydrogens is 236 g/mol. The van der Waals surface area contributed by atoms with Gasteiger partial charge in [-0.3, -0.25) is 10.1 Å². The molecule has 1 amide bonds. The number of hydrogen-bond donors (Lipinski definition) is 1. The Hall–Kier alpha value is -0.570. The maximum Gasteiger partial charge on any atom is 0.241 e. The lowest BCUT2D eigenvalue weighted by molar-refractivity contribution is -0.131. The van der Waals surface area contributed by atoms with E-state index in [0.29, 0.717) is 17.7 Å². The molecule has 110 valence electrons. The van der Waals surface area contributed by atoms with E-state index in [1.165, 1.54) is 25.7 Å². The van der Waals surface area contributed by atoms with Crippen LogP contribution in [-0.2, 0) is 4.79 Å². The molecule has 1 heterocycles. The van der Waals surface area contributed by atoms with E-state index >= 15 is 0 Å². The second kappa shape index (κ2) is 6.25. The predicted octanol–water partition coefficient (Wildman–Crippen LogP) is 3.01. The third kappa shape index (κ3) is 3.31. The molecule has 0 aromatic carbocycles. The average Bonchev–Trinajstić information content (AvgIpc) is 2.67. The standard InChI is InChI=1S/C16H30N2O/c1-5-14-16(19)18(15(17-14)11(2)3)10-13-8-6-7-12(4)9-13/h11-15,17H,5-10H2,1-4H3. The highest BCUT2D eigenvalue weighted by atomic mass is 16.2. The van der Waals surface area contributed by atoms with Crippen LogP contribution < -0.4 is 5.32 Å². The van der Waals surface area contributed by atoms with Crippen molar-refractivity contribution in [3.05, 3.63) is 0 Å². The Balaban J connectivity index is 2.01. The largest absolute Gasteiger partial charge is 0.325 e. The summed E-state index contributed by atoms with van der Waals surface area (Å²) in [5.41, 5.74) is 0. The molecule has 3 nitrogen and oxygen atoms in total. The number of rotatable bonds is 4. The molecule has 0 bridgehead atoms. The summed E-state index contributed by atoms with van der Waals surface area (Å²) in [4.78, 5) is 14.6. The molecule has 4 unspecified atom stereocenters. The lowest BCUT2D eigenvalue weighted by Crippen LogP contribution is -2.44. The van der Waals surface area contributed by atoms with Crippen molar-refractivity contribution in [3.63, 3.8) is 0 Å². The Kier molecular flexibility index (Phi) is 4.88. The second-order valence-electron chi connectivity index (χ2n) is 6.94. The molecular formula is C16H30N2O. The van der Waals surface area contributed by atoms with Crippen LogP contribution in [0.5, 0.6) is 0 Å². The van der Waals surface area contributed by atoms with E-state index < -0.39 is 0 Å². The molecule has 4 atom stereocenters. The lowest BCUT2D eigenvalue weighted by Gasteiger charge is -2.34. The molecule has 0 aromatic heterocycles. The van der Waals surface area contributed by atoms with Gasteiger partial charge in [-0.15, -0.1) is 0 Å². The molecule has 19 heavy (non-hydrogen) atoms. The molecule has 1 N–H and O–H groups in total. The second-order valence-corrected chi connectivity index (χ2v) is 6.94. The molecule has 1 saturated heterocycles. The van der Waals surface area contributed by atoms with E-state index in [2.05, 4.69) is 37.9 Å². The monoisotopic (exact) mass is 266 g/mol. The minimum absolute atomic E-state index is 0.0495. The van der Waals surface area contributed by atoms with Gasteiger partial charge < -0.3 is 4.90 Å². The van der Waals surface area contributed by atoms with Gasteiger partial charge in [0.05, 0.1) is 12.2 Å².